The Bertz CT molecular complexity index is 1240. The molecule has 0 radical (unpaired) electrons. The summed E-state index contributed by atoms with van der Waals surface area (Å²) in [4.78, 5) is 11.5. The molecule has 0 aliphatic heterocycles. The minimum absolute atomic E-state index is 0.250. The average molecular weight is 505 g/mol. The Morgan fingerprint density at radius 2 is 1.64 bits per heavy atom. The largest absolute Gasteiger partial charge is 0.482 e. The average Bonchev–Trinajstić information content (AvgIpc) is 2.77. The van der Waals surface area contributed by atoms with E-state index in [4.69, 9.17) is 25.6 Å². The third-order valence-electron chi connectivity index (χ3n) is 4.29. The molecule has 0 spiro atoms. The molecule has 6 nitrogen and oxygen atoms in total. The molecule has 0 aliphatic rings. The van der Waals surface area contributed by atoms with Crippen LogP contribution in [-0.2, 0) is 14.9 Å². The lowest BCUT2D eigenvalue weighted by molar-refractivity contribution is -0.139. The lowest BCUT2D eigenvalue weighted by Crippen LogP contribution is -2.09. The lowest BCUT2D eigenvalue weighted by atomic mass is 9.98. The quantitative estimate of drug-likeness (QED) is 0.293. The van der Waals surface area contributed by atoms with E-state index in [0.717, 1.165) is 27.9 Å². The van der Waals surface area contributed by atoms with Gasteiger partial charge in [0, 0.05) is 10.6 Å². The van der Waals surface area contributed by atoms with Crippen LogP contribution in [0.15, 0.2) is 83.8 Å². The maximum absolute atomic E-state index is 11.4. The Hall–Kier alpha value is -2.94. The Kier molecular flexibility index (Phi) is 8.43. The number of thioether (sulfide) groups is 1. The zero-order valence-electron chi connectivity index (χ0n) is 17.6. The second-order valence-corrected chi connectivity index (χ2v) is 9.93. The molecule has 0 aliphatic carbocycles. The minimum atomic E-state index is -3.59. The van der Waals surface area contributed by atoms with Crippen molar-refractivity contribution in [1.82, 2.24) is 0 Å². The number of carbonyl (C=O) groups is 1. The highest BCUT2D eigenvalue weighted by atomic mass is 35.5. The van der Waals surface area contributed by atoms with Crippen molar-refractivity contribution in [2.45, 2.75) is 4.90 Å². The van der Waals surface area contributed by atoms with Crippen LogP contribution in [0.25, 0.3) is 5.57 Å². The lowest BCUT2D eigenvalue weighted by Gasteiger charge is -2.11. The molecule has 1 N–H and O–H groups in total. The summed E-state index contributed by atoms with van der Waals surface area (Å²) < 4.78 is 32.8. The van der Waals surface area contributed by atoms with Crippen molar-refractivity contribution in [3.8, 4) is 11.5 Å². The molecule has 0 atom stereocenters. The number of halogens is 1. The van der Waals surface area contributed by atoms with E-state index in [-0.39, 0.29) is 5.75 Å². The van der Waals surface area contributed by atoms with Crippen LogP contribution in [0.5, 0.6) is 11.5 Å². The van der Waals surface area contributed by atoms with Gasteiger partial charge in [-0.05, 0) is 47.0 Å². The van der Waals surface area contributed by atoms with Gasteiger partial charge in [0.15, 0.2) is 6.61 Å². The first-order chi connectivity index (χ1) is 15.7. The second-order valence-electron chi connectivity index (χ2n) is 6.88. The van der Waals surface area contributed by atoms with Gasteiger partial charge < -0.3 is 14.0 Å². The molecule has 0 amide bonds. The third-order valence-corrected chi connectivity index (χ3v) is 6.21. The van der Waals surface area contributed by atoms with E-state index >= 15 is 0 Å². The van der Waals surface area contributed by atoms with Crippen molar-refractivity contribution in [1.29, 1.82) is 0 Å². The summed E-state index contributed by atoms with van der Waals surface area (Å²) >= 11 is 7.86. The fourth-order valence-electron chi connectivity index (χ4n) is 2.93. The number of aliphatic carboxylic acids is 1. The summed E-state index contributed by atoms with van der Waals surface area (Å²) in [6, 6.07) is 21.8. The number of hydrogen-bond acceptors (Lipinski definition) is 6. The molecule has 0 unspecified atom stereocenters. The van der Waals surface area contributed by atoms with Crippen LogP contribution in [0, 0.1) is 0 Å². The van der Waals surface area contributed by atoms with Gasteiger partial charge in [0.25, 0.3) is 0 Å². The van der Waals surface area contributed by atoms with E-state index in [9.17, 15) is 13.2 Å². The zero-order valence-corrected chi connectivity index (χ0v) is 20.0. The van der Waals surface area contributed by atoms with E-state index in [0.29, 0.717) is 16.5 Å². The molecule has 172 valence electrons. The first kappa shape index (κ1) is 24.7. The molecule has 33 heavy (non-hydrogen) atoms. The number of carboxylic acid groups (broad SMARTS) is 1. The van der Waals surface area contributed by atoms with Gasteiger partial charge >= 0.3 is 16.1 Å². The van der Waals surface area contributed by atoms with E-state index in [2.05, 4.69) is 6.08 Å². The summed E-state index contributed by atoms with van der Waals surface area (Å²) in [5.41, 5.74) is 2.90. The third kappa shape index (κ3) is 7.85. The van der Waals surface area contributed by atoms with Gasteiger partial charge in [-0.25, -0.2) is 4.79 Å². The molecule has 0 saturated carbocycles. The molecule has 0 bridgehead atoms. The summed E-state index contributed by atoms with van der Waals surface area (Å²) in [5.74, 6) is 0.198. The SMILES string of the molecule is CS(=O)(=O)Oc1ccc(/C(=C\CSc2ccc(OCC(=O)O)cc2Cl)c2ccccc2)cc1. The summed E-state index contributed by atoms with van der Waals surface area (Å²) in [6.07, 6.45) is 3.07. The first-order valence-corrected chi connectivity index (χ1v) is 12.9. The van der Waals surface area contributed by atoms with Crippen molar-refractivity contribution >= 4 is 45.0 Å². The van der Waals surface area contributed by atoms with Crippen molar-refractivity contribution in [2.24, 2.45) is 0 Å². The number of carboxylic acids is 1. The van der Waals surface area contributed by atoms with Crippen LogP contribution in [0.2, 0.25) is 5.02 Å². The first-order valence-electron chi connectivity index (χ1n) is 9.74. The molecule has 3 aromatic carbocycles. The number of rotatable bonds is 10. The Morgan fingerprint density at radius 3 is 2.24 bits per heavy atom. The predicted octanol–water partition coefficient (Wildman–Crippen LogP) is 5.37. The van der Waals surface area contributed by atoms with Gasteiger partial charge in [-0.3, -0.25) is 0 Å². The van der Waals surface area contributed by atoms with Gasteiger partial charge in [-0.1, -0.05) is 60.1 Å². The summed E-state index contributed by atoms with van der Waals surface area (Å²) in [7, 11) is -3.59. The predicted molar refractivity (Wildman–Crippen MR) is 131 cm³/mol. The van der Waals surface area contributed by atoms with Gasteiger partial charge in [-0.15, -0.1) is 11.8 Å². The topological polar surface area (TPSA) is 89.9 Å². The zero-order chi connectivity index (χ0) is 23.8. The van der Waals surface area contributed by atoms with Crippen LogP contribution < -0.4 is 8.92 Å². The molecule has 0 aromatic heterocycles. The molecule has 3 aromatic rings. The van der Waals surface area contributed by atoms with Crippen molar-refractivity contribution in [2.75, 3.05) is 18.6 Å². The Balaban J connectivity index is 1.78. The fourth-order valence-corrected chi connectivity index (χ4v) is 4.52. The number of benzene rings is 3. The maximum atomic E-state index is 11.4. The van der Waals surface area contributed by atoms with Gasteiger partial charge in [0.2, 0.25) is 0 Å². The standard InChI is InChI=1S/C24H21ClO6S2/c1-33(28,29)31-19-9-7-18(8-10-19)21(17-5-3-2-4-6-17)13-14-32-23-12-11-20(15-22(23)25)30-16-24(26)27/h2-13,15H,14,16H2,1H3,(H,26,27)/b21-13-. The molecular weight excluding hydrogens is 484 g/mol. The Labute approximate surface area is 201 Å². The number of ether oxygens (including phenoxy) is 1. The number of hydrogen-bond donors (Lipinski definition) is 1. The maximum Gasteiger partial charge on any atom is 0.341 e. The normalized spacial score (nSPS) is 11.8. The minimum Gasteiger partial charge on any atom is -0.482 e. The molecule has 9 heteroatoms. The fraction of sp³-hybridized carbons (Fsp3) is 0.125. The van der Waals surface area contributed by atoms with Crippen LogP contribution in [0.1, 0.15) is 11.1 Å². The van der Waals surface area contributed by atoms with Crippen LogP contribution in [0.4, 0.5) is 0 Å². The van der Waals surface area contributed by atoms with E-state index in [1.165, 1.54) is 11.8 Å². The smallest absolute Gasteiger partial charge is 0.341 e. The molecular formula is C24H21ClO6S2. The van der Waals surface area contributed by atoms with Crippen molar-refractivity contribution in [3.05, 3.63) is 95.0 Å². The molecule has 0 heterocycles. The van der Waals surface area contributed by atoms with Gasteiger partial charge in [-0.2, -0.15) is 8.42 Å². The highest BCUT2D eigenvalue weighted by molar-refractivity contribution is 7.99. The van der Waals surface area contributed by atoms with Crippen molar-refractivity contribution < 1.29 is 27.2 Å². The second kappa shape index (κ2) is 11.3. The van der Waals surface area contributed by atoms with E-state index < -0.39 is 22.7 Å². The van der Waals surface area contributed by atoms with Gasteiger partial charge in [0.05, 0.1) is 11.3 Å². The molecule has 3 rings (SSSR count). The molecule has 0 saturated heterocycles. The monoisotopic (exact) mass is 504 g/mol. The highest BCUT2D eigenvalue weighted by Crippen LogP contribution is 2.32. The summed E-state index contributed by atoms with van der Waals surface area (Å²) in [5, 5.41) is 9.19. The van der Waals surface area contributed by atoms with E-state index in [1.54, 1.807) is 30.3 Å². The highest BCUT2D eigenvalue weighted by Gasteiger charge is 2.09. The van der Waals surface area contributed by atoms with E-state index in [1.807, 2.05) is 42.5 Å². The van der Waals surface area contributed by atoms with Crippen LogP contribution in [0.3, 0.4) is 0 Å². The molecule has 0 fully saturated rings. The van der Waals surface area contributed by atoms with Crippen molar-refractivity contribution in [3.63, 3.8) is 0 Å². The Morgan fingerprint density at radius 1 is 1.00 bits per heavy atom. The van der Waals surface area contributed by atoms with Gasteiger partial charge in [0.1, 0.15) is 11.5 Å². The van der Waals surface area contributed by atoms with Crippen LogP contribution >= 0.6 is 23.4 Å². The summed E-state index contributed by atoms with van der Waals surface area (Å²) in [6.45, 7) is -0.431. The van der Waals surface area contributed by atoms with Crippen LogP contribution in [-0.4, -0.2) is 38.1 Å².